The fraction of sp³-hybridized carbons (Fsp3) is 0.500. The highest BCUT2D eigenvalue weighted by molar-refractivity contribution is 7.10. The Morgan fingerprint density at radius 1 is 1.21 bits per heavy atom. The molecule has 2 aromatic rings. The Bertz CT molecular complexity index is 770. The predicted octanol–water partition coefficient (Wildman–Crippen LogP) is 4.32. The van der Waals surface area contributed by atoms with Gasteiger partial charge in [0.2, 0.25) is 5.91 Å². The van der Waals surface area contributed by atoms with Gasteiger partial charge in [-0.2, -0.15) is 0 Å². The van der Waals surface area contributed by atoms with Crippen molar-refractivity contribution in [3.63, 3.8) is 0 Å². The largest absolute Gasteiger partial charge is 0.354 e. The monoisotopic (exact) mass is 455 g/mol. The first-order valence-corrected chi connectivity index (χ1v) is 10.9. The first-order valence-electron chi connectivity index (χ1n) is 10.1. The number of nitrogens with one attached hydrogen (secondary N) is 1. The van der Waals surface area contributed by atoms with Crippen molar-refractivity contribution in [3.8, 4) is 0 Å². The second kappa shape index (κ2) is 11.3. The fourth-order valence-electron chi connectivity index (χ4n) is 4.51. The summed E-state index contributed by atoms with van der Waals surface area (Å²) in [6.45, 7) is 2.66. The quantitative estimate of drug-likeness (QED) is 0.681. The molecule has 2 heterocycles. The number of hydrogen-bond donors (Lipinski definition) is 2. The number of fused-ring (bicyclic) bond motifs is 1. The van der Waals surface area contributed by atoms with E-state index in [1.165, 1.54) is 16.0 Å². The lowest BCUT2D eigenvalue weighted by molar-refractivity contribution is -0.122. The maximum atomic E-state index is 12.5. The number of nitrogens with zero attached hydrogens (tertiary/aromatic N) is 1. The van der Waals surface area contributed by atoms with Crippen LogP contribution in [0.3, 0.4) is 0 Å². The lowest BCUT2D eigenvalue weighted by Gasteiger charge is -2.35. The maximum absolute atomic E-state index is 12.5. The molecule has 160 valence electrons. The molecule has 0 spiro atoms. The van der Waals surface area contributed by atoms with Crippen LogP contribution in [0.1, 0.15) is 47.7 Å². The highest BCUT2D eigenvalue weighted by Gasteiger charge is 2.28. The van der Waals surface area contributed by atoms with Gasteiger partial charge >= 0.3 is 0 Å². The van der Waals surface area contributed by atoms with Gasteiger partial charge in [-0.1, -0.05) is 36.8 Å². The molecule has 7 heteroatoms. The molecule has 1 aliphatic carbocycles. The van der Waals surface area contributed by atoms with Gasteiger partial charge in [-0.3, -0.25) is 9.69 Å². The summed E-state index contributed by atoms with van der Waals surface area (Å²) in [5.74, 6) is 0.495. The molecule has 0 bridgehead atoms. The van der Waals surface area contributed by atoms with Crippen LogP contribution in [-0.4, -0.2) is 29.9 Å². The summed E-state index contributed by atoms with van der Waals surface area (Å²) in [7, 11) is 0. The van der Waals surface area contributed by atoms with Gasteiger partial charge in [0, 0.05) is 37.0 Å². The van der Waals surface area contributed by atoms with E-state index in [0.717, 1.165) is 38.8 Å². The molecule has 1 saturated carbocycles. The first kappa shape index (κ1) is 24.2. The number of carbonyl (C=O) groups is 1. The molecule has 0 radical (unpaired) electrons. The van der Waals surface area contributed by atoms with Crippen LogP contribution in [0.15, 0.2) is 41.8 Å². The van der Waals surface area contributed by atoms with E-state index in [9.17, 15) is 4.79 Å². The van der Waals surface area contributed by atoms with Gasteiger partial charge < -0.3 is 11.1 Å². The van der Waals surface area contributed by atoms with E-state index in [0.29, 0.717) is 18.9 Å². The van der Waals surface area contributed by atoms with Crippen LogP contribution in [0.5, 0.6) is 0 Å². The topological polar surface area (TPSA) is 58.4 Å². The Labute approximate surface area is 190 Å². The highest BCUT2D eigenvalue weighted by atomic mass is 35.5. The summed E-state index contributed by atoms with van der Waals surface area (Å²) in [6.07, 6.45) is 4.96. The Kier molecular flexibility index (Phi) is 9.44. The number of carbonyl (C=O) groups excluding carboxylic acids is 1. The number of hydrogen-bond acceptors (Lipinski definition) is 4. The molecule has 1 aromatic heterocycles. The Balaban J connectivity index is 0.00000150. The molecule has 1 aromatic carbocycles. The van der Waals surface area contributed by atoms with Crippen molar-refractivity contribution in [2.75, 3.05) is 13.1 Å². The average Bonchev–Trinajstić information content (AvgIpc) is 3.31. The van der Waals surface area contributed by atoms with Crippen LogP contribution in [0, 0.1) is 5.92 Å². The number of nitrogens with two attached hydrogens (primary N) is 1. The van der Waals surface area contributed by atoms with Crippen molar-refractivity contribution in [3.05, 3.63) is 57.8 Å². The van der Waals surface area contributed by atoms with E-state index in [1.54, 1.807) is 0 Å². The molecule has 1 amide bonds. The fourth-order valence-corrected chi connectivity index (χ4v) is 5.40. The molecule has 3 atom stereocenters. The Morgan fingerprint density at radius 3 is 2.72 bits per heavy atom. The van der Waals surface area contributed by atoms with Crippen molar-refractivity contribution >= 4 is 42.1 Å². The van der Waals surface area contributed by atoms with Gasteiger partial charge in [0.25, 0.3) is 0 Å². The van der Waals surface area contributed by atoms with Crippen LogP contribution in [0.2, 0.25) is 0 Å². The summed E-state index contributed by atoms with van der Waals surface area (Å²) < 4.78 is 0. The molecule has 2 aliphatic rings. The first-order chi connectivity index (χ1) is 13.2. The van der Waals surface area contributed by atoms with Crippen molar-refractivity contribution in [2.45, 2.75) is 50.7 Å². The molecule has 0 saturated heterocycles. The minimum atomic E-state index is 0. The van der Waals surface area contributed by atoms with Crippen LogP contribution in [0.4, 0.5) is 0 Å². The van der Waals surface area contributed by atoms with E-state index >= 15 is 0 Å². The minimum absolute atomic E-state index is 0. The van der Waals surface area contributed by atoms with E-state index in [1.807, 2.05) is 17.4 Å². The molecule has 1 aliphatic heterocycles. The second-order valence-electron chi connectivity index (χ2n) is 7.88. The zero-order valence-electron chi connectivity index (χ0n) is 16.6. The zero-order valence-corrected chi connectivity index (χ0v) is 19.0. The molecule has 1 fully saturated rings. The van der Waals surface area contributed by atoms with Crippen molar-refractivity contribution in [2.24, 2.45) is 11.7 Å². The predicted molar refractivity (Wildman–Crippen MR) is 125 cm³/mol. The SMILES string of the molecule is Cl.Cl.N[C@@H]1CCC[C@H]1CC(=O)NCC(c1ccccc1)N1CCc2sccc2C1. The standard InChI is InChI=1S/C22H29N3OS.2ClH/c23-19-8-4-7-17(19)13-22(26)24-14-20(16-5-2-1-3-6-16)25-11-9-21-18(15-25)10-12-27-21;;/h1-3,5-6,10,12,17,19-20H,4,7-9,11,13-15,23H2,(H,24,26);2*1H/t17-,19+,20?;;/m0../s1. The van der Waals surface area contributed by atoms with E-state index < -0.39 is 0 Å². The summed E-state index contributed by atoms with van der Waals surface area (Å²) in [4.78, 5) is 16.6. The van der Waals surface area contributed by atoms with Gasteiger partial charge in [-0.05, 0) is 47.8 Å². The van der Waals surface area contributed by atoms with Crippen LogP contribution in [0.25, 0.3) is 0 Å². The van der Waals surface area contributed by atoms with Crippen LogP contribution < -0.4 is 11.1 Å². The summed E-state index contributed by atoms with van der Waals surface area (Å²) in [5.41, 5.74) is 8.85. The summed E-state index contributed by atoms with van der Waals surface area (Å²) in [6, 6.07) is 13.2. The number of halogens is 2. The Hall–Kier alpha value is -1.11. The number of rotatable bonds is 6. The lowest BCUT2D eigenvalue weighted by Crippen LogP contribution is -2.41. The average molecular weight is 456 g/mol. The van der Waals surface area contributed by atoms with Crippen molar-refractivity contribution < 1.29 is 4.79 Å². The van der Waals surface area contributed by atoms with E-state index in [4.69, 9.17) is 5.73 Å². The minimum Gasteiger partial charge on any atom is -0.354 e. The van der Waals surface area contributed by atoms with Gasteiger partial charge in [-0.25, -0.2) is 0 Å². The summed E-state index contributed by atoms with van der Waals surface area (Å²) >= 11 is 1.86. The highest BCUT2D eigenvalue weighted by Crippen LogP contribution is 2.30. The molecule has 4 nitrogen and oxygen atoms in total. The van der Waals surface area contributed by atoms with Crippen molar-refractivity contribution in [1.29, 1.82) is 0 Å². The molecule has 29 heavy (non-hydrogen) atoms. The Morgan fingerprint density at radius 2 is 2.00 bits per heavy atom. The number of thiophene rings is 1. The molecule has 4 rings (SSSR count). The summed E-state index contributed by atoms with van der Waals surface area (Å²) in [5, 5.41) is 5.40. The third-order valence-electron chi connectivity index (χ3n) is 6.12. The second-order valence-corrected chi connectivity index (χ2v) is 8.88. The smallest absolute Gasteiger partial charge is 0.220 e. The van der Waals surface area contributed by atoms with Gasteiger partial charge in [0.15, 0.2) is 0 Å². The van der Waals surface area contributed by atoms with Gasteiger partial charge in [0.1, 0.15) is 0 Å². The normalized spacial score (nSPS) is 22.1. The number of benzene rings is 1. The molecule has 3 N–H and O–H groups in total. The van der Waals surface area contributed by atoms with Gasteiger partial charge in [0.05, 0.1) is 6.04 Å². The van der Waals surface area contributed by atoms with E-state index in [-0.39, 0.29) is 42.8 Å². The zero-order chi connectivity index (χ0) is 18.6. The molecule has 1 unspecified atom stereocenters. The van der Waals surface area contributed by atoms with E-state index in [2.05, 4.69) is 45.9 Å². The van der Waals surface area contributed by atoms with Gasteiger partial charge in [-0.15, -0.1) is 36.2 Å². The molecular formula is C22H31Cl2N3OS. The number of amides is 1. The lowest BCUT2D eigenvalue weighted by atomic mass is 9.99. The maximum Gasteiger partial charge on any atom is 0.220 e. The third-order valence-corrected chi connectivity index (χ3v) is 7.14. The van der Waals surface area contributed by atoms with Crippen molar-refractivity contribution in [1.82, 2.24) is 10.2 Å². The molecular weight excluding hydrogens is 425 g/mol. The van der Waals surface area contributed by atoms with Crippen LogP contribution >= 0.6 is 36.2 Å². The van der Waals surface area contributed by atoms with Crippen LogP contribution in [-0.2, 0) is 17.8 Å². The third kappa shape index (κ3) is 5.96.